The molecule has 0 spiro atoms. The van der Waals surface area contributed by atoms with Crippen LogP contribution in [0.25, 0.3) is 11.3 Å². The zero-order chi connectivity index (χ0) is 18.7. The van der Waals surface area contributed by atoms with E-state index in [1.54, 1.807) is 55.5 Å². The molecule has 0 fully saturated rings. The third-order valence-corrected chi connectivity index (χ3v) is 3.75. The first kappa shape index (κ1) is 17.8. The molecule has 0 aliphatic heterocycles. The number of hydrogen-bond acceptors (Lipinski definition) is 5. The van der Waals surface area contributed by atoms with Gasteiger partial charge in [0.05, 0.1) is 11.3 Å². The molecule has 0 N–H and O–H groups in total. The number of nitrogens with zero attached hydrogens (tertiary/aromatic N) is 5. The fourth-order valence-electron chi connectivity index (χ4n) is 2.37. The van der Waals surface area contributed by atoms with Crippen LogP contribution in [0.15, 0.2) is 54.7 Å². The predicted molar refractivity (Wildman–Crippen MR) is 96.6 cm³/mol. The molecule has 1 aromatic heterocycles. The third kappa shape index (κ3) is 3.78. The summed E-state index contributed by atoms with van der Waals surface area (Å²) in [5.41, 5.74) is 1.09. The number of benzene rings is 2. The minimum Gasteiger partial charge on any atom is -0.383 e. The van der Waals surface area contributed by atoms with Gasteiger partial charge in [-0.2, -0.15) is 4.68 Å². The van der Waals surface area contributed by atoms with E-state index in [1.807, 2.05) is 0 Å². The zero-order valence-electron chi connectivity index (χ0n) is 14.1. The summed E-state index contributed by atoms with van der Waals surface area (Å²) < 4.78 is 15.0. The molecule has 26 heavy (non-hydrogen) atoms. The monoisotopic (exact) mass is 371 g/mol. The highest BCUT2D eigenvalue weighted by molar-refractivity contribution is 6.30. The number of rotatable bonds is 5. The topological polar surface area (TPSA) is 63.9 Å². The first-order valence-corrected chi connectivity index (χ1v) is 8.06. The summed E-state index contributed by atoms with van der Waals surface area (Å²) in [6.07, 6.45) is 1.60. The third-order valence-electron chi connectivity index (χ3n) is 3.50. The van der Waals surface area contributed by atoms with E-state index >= 15 is 0 Å². The average Bonchev–Trinajstić information content (AvgIpc) is 3.09. The van der Waals surface area contributed by atoms with Crippen molar-refractivity contribution in [3.63, 3.8) is 0 Å². The zero-order valence-corrected chi connectivity index (χ0v) is 14.9. The lowest BCUT2D eigenvalue weighted by atomic mass is 10.0. The Balaban J connectivity index is 2.09. The van der Waals surface area contributed by atoms with Crippen LogP contribution >= 0.6 is 11.6 Å². The van der Waals surface area contributed by atoms with Gasteiger partial charge in [0.2, 0.25) is 0 Å². The molecule has 0 saturated heterocycles. The first-order valence-electron chi connectivity index (χ1n) is 7.69. The molecular weight excluding hydrogens is 357 g/mol. The van der Waals surface area contributed by atoms with E-state index in [-0.39, 0.29) is 22.7 Å². The number of carbonyl (C=O) groups excluding carboxylic acids is 1. The predicted octanol–water partition coefficient (Wildman–Crippen LogP) is 3.24. The number of tetrazole rings is 1. The molecule has 0 unspecified atom stereocenters. The Hall–Kier alpha value is -3.06. The van der Waals surface area contributed by atoms with Gasteiger partial charge in [0, 0.05) is 30.9 Å². The Morgan fingerprint density at radius 1 is 1.19 bits per heavy atom. The molecule has 3 rings (SSSR count). The molecule has 0 atom stereocenters. The fourth-order valence-corrected chi connectivity index (χ4v) is 2.50. The SMILES string of the molecule is CN(C)/C=C(\C(=O)c1cccc(F)c1)c1nnnn1-c1ccc(Cl)cc1. The number of carbonyl (C=O) groups is 1. The maximum Gasteiger partial charge on any atom is 0.198 e. The standard InChI is InChI=1S/C18H15ClFN5O/c1-24(2)11-16(17(26)12-4-3-5-14(20)10-12)18-21-22-23-25(18)15-8-6-13(19)7-9-15/h3-11H,1-2H3/b16-11+. The molecule has 0 aliphatic carbocycles. The second-order valence-electron chi connectivity index (χ2n) is 5.74. The van der Waals surface area contributed by atoms with Gasteiger partial charge in [-0.25, -0.2) is 4.39 Å². The molecule has 8 heteroatoms. The van der Waals surface area contributed by atoms with Gasteiger partial charge < -0.3 is 4.90 Å². The Bertz CT molecular complexity index is 966. The van der Waals surface area contributed by atoms with Crippen molar-refractivity contribution in [2.75, 3.05) is 14.1 Å². The van der Waals surface area contributed by atoms with Gasteiger partial charge in [0.25, 0.3) is 0 Å². The number of ketones is 1. The highest BCUT2D eigenvalue weighted by Crippen LogP contribution is 2.22. The molecule has 2 aromatic carbocycles. The van der Waals surface area contributed by atoms with Crippen LogP contribution in [0.1, 0.15) is 16.2 Å². The Morgan fingerprint density at radius 3 is 2.58 bits per heavy atom. The number of aromatic nitrogens is 4. The van der Waals surface area contributed by atoms with Gasteiger partial charge in [0.15, 0.2) is 11.6 Å². The Kier molecular flexibility index (Phi) is 5.09. The van der Waals surface area contributed by atoms with Crippen molar-refractivity contribution in [2.45, 2.75) is 0 Å². The molecule has 0 bridgehead atoms. The molecule has 0 radical (unpaired) electrons. The van der Waals surface area contributed by atoms with Crippen LogP contribution in [0.5, 0.6) is 0 Å². The molecule has 132 valence electrons. The maximum absolute atomic E-state index is 13.5. The van der Waals surface area contributed by atoms with Crippen molar-refractivity contribution in [3.8, 4) is 5.69 Å². The maximum atomic E-state index is 13.5. The minimum absolute atomic E-state index is 0.212. The summed E-state index contributed by atoms with van der Waals surface area (Å²) in [6.45, 7) is 0. The number of Topliss-reactive ketones (excluding diaryl/α,β-unsaturated/α-hetero) is 1. The smallest absolute Gasteiger partial charge is 0.198 e. The summed E-state index contributed by atoms with van der Waals surface area (Å²) in [4.78, 5) is 14.7. The van der Waals surface area contributed by atoms with Crippen molar-refractivity contribution in [1.29, 1.82) is 0 Å². The number of hydrogen-bond donors (Lipinski definition) is 0. The van der Waals surface area contributed by atoms with Gasteiger partial charge in [-0.15, -0.1) is 5.10 Å². The van der Waals surface area contributed by atoms with Crippen molar-refractivity contribution in [3.05, 3.63) is 77.0 Å². The van der Waals surface area contributed by atoms with E-state index in [4.69, 9.17) is 11.6 Å². The van der Waals surface area contributed by atoms with Gasteiger partial charge >= 0.3 is 0 Å². The van der Waals surface area contributed by atoms with E-state index in [1.165, 1.54) is 22.9 Å². The summed E-state index contributed by atoms with van der Waals surface area (Å²) in [5, 5.41) is 12.2. The second-order valence-corrected chi connectivity index (χ2v) is 6.17. The van der Waals surface area contributed by atoms with Gasteiger partial charge in [-0.3, -0.25) is 4.79 Å². The van der Waals surface area contributed by atoms with E-state index in [0.717, 1.165) is 0 Å². The Labute approximate surface area is 154 Å². The molecule has 0 amide bonds. The van der Waals surface area contributed by atoms with Crippen LogP contribution in [0.4, 0.5) is 4.39 Å². The van der Waals surface area contributed by atoms with E-state index < -0.39 is 5.82 Å². The summed E-state index contributed by atoms with van der Waals surface area (Å²) in [7, 11) is 3.55. The molecule has 0 saturated carbocycles. The van der Waals surface area contributed by atoms with Crippen LogP contribution in [0.3, 0.4) is 0 Å². The number of allylic oxidation sites excluding steroid dienone is 1. The van der Waals surface area contributed by atoms with E-state index in [0.29, 0.717) is 10.7 Å². The highest BCUT2D eigenvalue weighted by Gasteiger charge is 2.22. The fraction of sp³-hybridized carbons (Fsp3) is 0.111. The van der Waals surface area contributed by atoms with Crippen LogP contribution in [-0.4, -0.2) is 45.0 Å². The van der Waals surface area contributed by atoms with Crippen molar-refractivity contribution in [1.82, 2.24) is 25.1 Å². The second kappa shape index (κ2) is 7.45. The number of halogens is 2. The van der Waals surface area contributed by atoms with Gasteiger partial charge in [0.1, 0.15) is 5.82 Å². The van der Waals surface area contributed by atoms with E-state index in [2.05, 4.69) is 15.5 Å². The van der Waals surface area contributed by atoms with Crippen molar-refractivity contribution < 1.29 is 9.18 Å². The molecule has 3 aromatic rings. The first-order chi connectivity index (χ1) is 12.5. The average molecular weight is 372 g/mol. The van der Waals surface area contributed by atoms with Crippen LogP contribution in [0, 0.1) is 5.82 Å². The van der Waals surface area contributed by atoms with E-state index in [9.17, 15) is 9.18 Å². The van der Waals surface area contributed by atoms with Crippen LogP contribution in [-0.2, 0) is 0 Å². The van der Waals surface area contributed by atoms with Crippen molar-refractivity contribution in [2.24, 2.45) is 0 Å². The highest BCUT2D eigenvalue weighted by atomic mass is 35.5. The van der Waals surface area contributed by atoms with Crippen molar-refractivity contribution >= 4 is 23.0 Å². The molecule has 1 heterocycles. The van der Waals surface area contributed by atoms with Crippen LogP contribution < -0.4 is 0 Å². The normalized spacial score (nSPS) is 11.5. The van der Waals surface area contributed by atoms with Gasteiger partial charge in [-0.1, -0.05) is 23.7 Å². The molecule has 0 aliphatic rings. The summed E-state index contributed by atoms with van der Waals surface area (Å²) >= 11 is 5.92. The summed E-state index contributed by atoms with van der Waals surface area (Å²) in [6, 6.07) is 12.4. The Morgan fingerprint density at radius 2 is 1.92 bits per heavy atom. The lowest BCUT2D eigenvalue weighted by molar-refractivity contribution is 0.105. The minimum atomic E-state index is -0.489. The lowest BCUT2D eigenvalue weighted by Gasteiger charge is -2.12. The molecule has 6 nitrogen and oxygen atoms in total. The molecular formula is C18H15ClFN5O. The quantitative estimate of drug-likeness (QED) is 0.509. The van der Waals surface area contributed by atoms with Crippen LogP contribution in [0.2, 0.25) is 5.02 Å². The summed E-state index contributed by atoms with van der Waals surface area (Å²) in [5.74, 6) is -0.629. The van der Waals surface area contributed by atoms with Gasteiger partial charge in [-0.05, 0) is 46.8 Å². The lowest BCUT2D eigenvalue weighted by Crippen LogP contribution is -2.13. The largest absolute Gasteiger partial charge is 0.383 e.